The zero-order chi connectivity index (χ0) is 18.9. The van der Waals surface area contributed by atoms with E-state index in [1.54, 1.807) is 29.0 Å². The summed E-state index contributed by atoms with van der Waals surface area (Å²) in [5.41, 5.74) is 0.723. The molecule has 2 saturated heterocycles. The molecule has 142 valence electrons. The van der Waals surface area contributed by atoms with Gasteiger partial charge in [0, 0.05) is 44.1 Å². The fourth-order valence-electron chi connectivity index (χ4n) is 3.66. The number of carbonyl (C=O) groups excluding carboxylic acids is 2. The van der Waals surface area contributed by atoms with Gasteiger partial charge in [-0.15, -0.1) is 0 Å². The van der Waals surface area contributed by atoms with Crippen LogP contribution in [0, 0.1) is 5.92 Å². The second kappa shape index (κ2) is 7.26. The van der Waals surface area contributed by atoms with Gasteiger partial charge in [-0.3, -0.25) is 9.59 Å². The summed E-state index contributed by atoms with van der Waals surface area (Å²) < 4.78 is 28.5. The molecule has 26 heavy (non-hydrogen) atoms. The summed E-state index contributed by atoms with van der Waals surface area (Å²) in [7, 11) is -1.50. The van der Waals surface area contributed by atoms with E-state index in [1.807, 2.05) is 12.1 Å². The van der Waals surface area contributed by atoms with Crippen molar-refractivity contribution in [3.63, 3.8) is 0 Å². The lowest BCUT2D eigenvalue weighted by atomic mass is 10.0. The first kappa shape index (κ1) is 18.7. The normalized spacial score (nSPS) is 21.9. The predicted molar refractivity (Wildman–Crippen MR) is 97.9 cm³/mol. The SMILES string of the molecule is COc1cccc(N2CC(C(=O)N3CCC(S(C)(=O)=O)CC3)CC2=O)c1. The molecule has 2 aliphatic heterocycles. The van der Waals surface area contributed by atoms with Gasteiger partial charge in [0.15, 0.2) is 0 Å². The Labute approximate surface area is 153 Å². The minimum absolute atomic E-state index is 0.0595. The van der Waals surface area contributed by atoms with Gasteiger partial charge in [-0.1, -0.05) is 6.07 Å². The second-order valence-corrected chi connectivity index (χ2v) is 9.29. The molecule has 3 rings (SSSR count). The molecule has 2 fully saturated rings. The number of benzene rings is 1. The number of carbonyl (C=O) groups is 2. The third-order valence-electron chi connectivity index (χ3n) is 5.20. The summed E-state index contributed by atoms with van der Waals surface area (Å²) >= 11 is 0. The maximum atomic E-state index is 12.8. The fraction of sp³-hybridized carbons (Fsp3) is 0.556. The molecule has 8 heteroatoms. The van der Waals surface area contributed by atoms with Crippen molar-refractivity contribution < 1.29 is 22.7 Å². The number of amides is 2. The lowest BCUT2D eigenvalue weighted by molar-refractivity contribution is -0.136. The molecule has 1 atom stereocenters. The number of anilines is 1. The zero-order valence-corrected chi connectivity index (χ0v) is 15.9. The number of hydrogen-bond donors (Lipinski definition) is 0. The highest BCUT2D eigenvalue weighted by Crippen LogP contribution is 2.29. The molecule has 1 unspecified atom stereocenters. The summed E-state index contributed by atoms with van der Waals surface area (Å²) in [6, 6.07) is 7.22. The molecule has 1 aromatic rings. The molecule has 2 amide bonds. The van der Waals surface area contributed by atoms with Crippen molar-refractivity contribution >= 4 is 27.3 Å². The first-order chi connectivity index (χ1) is 12.3. The Morgan fingerprint density at radius 2 is 1.92 bits per heavy atom. The summed E-state index contributed by atoms with van der Waals surface area (Å²) in [5.74, 6) is 0.134. The monoisotopic (exact) mass is 380 g/mol. The van der Waals surface area contributed by atoms with Crippen LogP contribution in [0.2, 0.25) is 0 Å². The topological polar surface area (TPSA) is 84.0 Å². The van der Waals surface area contributed by atoms with E-state index < -0.39 is 9.84 Å². The molecular weight excluding hydrogens is 356 g/mol. The molecule has 0 N–H and O–H groups in total. The first-order valence-electron chi connectivity index (χ1n) is 8.71. The van der Waals surface area contributed by atoms with Crippen LogP contribution in [0.5, 0.6) is 5.75 Å². The Morgan fingerprint density at radius 3 is 2.54 bits per heavy atom. The van der Waals surface area contributed by atoms with E-state index in [4.69, 9.17) is 4.74 Å². The van der Waals surface area contributed by atoms with E-state index in [0.29, 0.717) is 38.2 Å². The lowest BCUT2D eigenvalue weighted by Crippen LogP contribution is -2.45. The molecule has 1 aromatic carbocycles. The van der Waals surface area contributed by atoms with Crippen LogP contribution >= 0.6 is 0 Å². The fourth-order valence-corrected chi connectivity index (χ4v) is 4.73. The molecular formula is C18H24N2O5S. The molecule has 0 aliphatic carbocycles. The van der Waals surface area contributed by atoms with Crippen molar-refractivity contribution in [1.82, 2.24) is 4.90 Å². The van der Waals surface area contributed by atoms with E-state index in [0.717, 1.165) is 5.69 Å². The van der Waals surface area contributed by atoms with Crippen molar-refractivity contribution in [2.45, 2.75) is 24.5 Å². The molecule has 0 bridgehead atoms. The van der Waals surface area contributed by atoms with Crippen LogP contribution in [0.15, 0.2) is 24.3 Å². The number of piperidine rings is 1. The Balaban J connectivity index is 1.64. The van der Waals surface area contributed by atoms with Gasteiger partial charge in [-0.25, -0.2) is 8.42 Å². The number of rotatable bonds is 4. The second-order valence-electron chi connectivity index (χ2n) is 6.96. The third kappa shape index (κ3) is 3.85. The van der Waals surface area contributed by atoms with Crippen molar-refractivity contribution in [3.8, 4) is 5.75 Å². The van der Waals surface area contributed by atoms with Crippen molar-refractivity contribution in [2.75, 3.05) is 37.9 Å². The van der Waals surface area contributed by atoms with E-state index >= 15 is 0 Å². The first-order valence-corrected chi connectivity index (χ1v) is 10.7. The Morgan fingerprint density at radius 1 is 1.23 bits per heavy atom. The van der Waals surface area contributed by atoms with E-state index in [-0.39, 0.29) is 29.4 Å². The average molecular weight is 380 g/mol. The predicted octanol–water partition coefficient (Wildman–Crippen LogP) is 1.08. The van der Waals surface area contributed by atoms with Gasteiger partial charge in [-0.2, -0.15) is 0 Å². The van der Waals surface area contributed by atoms with Crippen LogP contribution in [0.1, 0.15) is 19.3 Å². The van der Waals surface area contributed by atoms with Crippen molar-refractivity contribution in [1.29, 1.82) is 0 Å². The molecule has 7 nitrogen and oxygen atoms in total. The van der Waals surface area contributed by atoms with E-state index in [1.165, 1.54) is 6.26 Å². The van der Waals surface area contributed by atoms with Gasteiger partial charge in [0.2, 0.25) is 11.8 Å². The largest absolute Gasteiger partial charge is 0.497 e. The van der Waals surface area contributed by atoms with Crippen molar-refractivity contribution in [2.24, 2.45) is 5.92 Å². The van der Waals surface area contributed by atoms with Crippen LogP contribution in [0.3, 0.4) is 0 Å². The van der Waals surface area contributed by atoms with Gasteiger partial charge < -0.3 is 14.5 Å². The number of methoxy groups -OCH3 is 1. The number of likely N-dealkylation sites (tertiary alicyclic amines) is 1. The quantitative estimate of drug-likeness (QED) is 0.781. The molecule has 2 heterocycles. The van der Waals surface area contributed by atoms with Gasteiger partial charge in [0.1, 0.15) is 15.6 Å². The minimum Gasteiger partial charge on any atom is -0.497 e. The number of hydrogen-bond acceptors (Lipinski definition) is 5. The molecule has 0 aromatic heterocycles. The Bertz CT molecular complexity index is 800. The van der Waals surface area contributed by atoms with Crippen LogP contribution in [0.25, 0.3) is 0 Å². The molecule has 0 spiro atoms. The smallest absolute Gasteiger partial charge is 0.228 e. The molecule has 0 radical (unpaired) electrons. The van der Waals surface area contributed by atoms with E-state index in [2.05, 4.69) is 0 Å². The van der Waals surface area contributed by atoms with Gasteiger partial charge in [-0.05, 0) is 25.0 Å². The number of ether oxygens (including phenoxy) is 1. The Kier molecular flexibility index (Phi) is 5.22. The highest BCUT2D eigenvalue weighted by atomic mass is 32.2. The zero-order valence-electron chi connectivity index (χ0n) is 15.1. The molecule has 2 aliphatic rings. The highest BCUT2D eigenvalue weighted by Gasteiger charge is 2.39. The van der Waals surface area contributed by atoms with Crippen LogP contribution < -0.4 is 9.64 Å². The van der Waals surface area contributed by atoms with Crippen LogP contribution in [-0.4, -0.2) is 63.4 Å². The van der Waals surface area contributed by atoms with Crippen LogP contribution in [0.4, 0.5) is 5.69 Å². The summed E-state index contributed by atoms with van der Waals surface area (Å²) in [6.07, 6.45) is 2.36. The van der Waals surface area contributed by atoms with Gasteiger partial charge >= 0.3 is 0 Å². The summed E-state index contributed by atoms with van der Waals surface area (Å²) in [6.45, 7) is 1.21. The third-order valence-corrected chi connectivity index (χ3v) is 6.88. The van der Waals surface area contributed by atoms with Gasteiger partial charge in [0.25, 0.3) is 0 Å². The van der Waals surface area contributed by atoms with Crippen molar-refractivity contribution in [3.05, 3.63) is 24.3 Å². The Hall–Kier alpha value is -2.09. The average Bonchev–Trinajstić information content (AvgIpc) is 3.02. The number of nitrogens with zero attached hydrogens (tertiary/aromatic N) is 2. The maximum Gasteiger partial charge on any atom is 0.228 e. The summed E-state index contributed by atoms with van der Waals surface area (Å²) in [5, 5.41) is -0.370. The highest BCUT2D eigenvalue weighted by molar-refractivity contribution is 7.91. The lowest BCUT2D eigenvalue weighted by Gasteiger charge is -2.32. The maximum absolute atomic E-state index is 12.8. The van der Waals surface area contributed by atoms with Gasteiger partial charge in [0.05, 0.1) is 18.3 Å². The number of sulfone groups is 1. The van der Waals surface area contributed by atoms with E-state index in [9.17, 15) is 18.0 Å². The van der Waals surface area contributed by atoms with Crippen LogP contribution in [-0.2, 0) is 19.4 Å². The minimum atomic E-state index is -3.07. The standard InChI is InChI=1S/C18H24N2O5S/c1-25-15-5-3-4-14(11-15)20-12-13(10-17(20)21)18(22)19-8-6-16(7-9-19)26(2,23)24/h3-5,11,13,16H,6-10,12H2,1-2H3. The molecule has 0 saturated carbocycles. The summed E-state index contributed by atoms with van der Waals surface area (Å²) in [4.78, 5) is 28.5.